The second-order valence-corrected chi connectivity index (χ2v) is 9.53. The molecule has 2 saturated heterocycles. The van der Waals surface area contributed by atoms with Gasteiger partial charge in [0.15, 0.2) is 0 Å². The number of aromatic nitrogens is 2. The van der Waals surface area contributed by atoms with Crippen LogP contribution in [0.5, 0.6) is 0 Å². The molecular weight excluding hydrogens is 426 g/mol. The lowest BCUT2D eigenvalue weighted by Gasteiger charge is -2.30. The van der Waals surface area contributed by atoms with Crippen molar-refractivity contribution in [2.45, 2.75) is 45.7 Å². The molecule has 3 aromatic rings. The normalized spacial score (nSPS) is 18.9. The number of amides is 1. The average molecular weight is 460 g/mol. The van der Waals surface area contributed by atoms with Gasteiger partial charge in [-0.05, 0) is 56.8 Å². The van der Waals surface area contributed by atoms with Gasteiger partial charge in [-0.25, -0.2) is 0 Å². The molecule has 34 heavy (non-hydrogen) atoms. The van der Waals surface area contributed by atoms with Gasteiger partial charge in [0.25, 0.3) is 0 Å². The summed E-state index contributed by atoms with van der Waals surface area (Å²) in [7, 11) is 0. The number of hydrogen-bond donors (Lipinski definition) is 1. The van der Waals surface area contributed by atoms with Crippen molar-refractivity contribution in [3.8, 4) is 11.4 Å². The fourth-order valence-corrected chi connectivity index (χ4v) is 4.88. The first-order valence-corrected chi connectivity index (χ1v) is 12.4. The summed E-state index contributed by atoms with van der Waals surface area (Å²) in [5, 5.41) is 7.28. The van der Waals surface area contributed by atoms with Gasteiger partial charge in [-0.2, -0.15) is 4.98 Å². The molecular formula is C27H33N5O2. The van der Waals surface area contributed by atoms with Crippen LogP contribution in [0.2, 0.25) is 0 Å². The molecule has 5 rings (SSSR count). The van der Waals surface area contributed by atoms with Gasteiger partial charge in [-0.15, -0.1) is 0 Å². The van der Waals surface area contributed by atoms with Crippen LogP contribution in [0, 0.1) is 12.8 Å². The van der Waals surface area contributed by atoms with Crippen molar-refractivity contribution in [3.63, 3.8) is 0 Å². The quantitative estimate of drug-likeness (QED) is 0.572. The molecule has 0 saturated carbocycles. The van der Waals surface area contributed by atoms with Gasteiger partial charge in [0.05, 0.1) is 12.5 Å². The summed E-state index contributed by atoms with van der Waals surface area (Å²) in [6.07, 6.45) is 4.45. The maximum atomic E-state index is 12.9. The average Bonchev–Trinajstić information content (AvgIpc) is 3.56. The Bertz CT molecular complexity index is 1090. The fourth-order valence-electron chi connectivity index (χ4n) is 4.88. The minimum atomic E-state index is -0.0166. The molecule has 3 heterocycles. The molecule has 1 amide bonds. The summed E-state index contributed by atoms with van der Waals surface area (Å²) in [4.78, 5) is 22.1. The highest BCUT2D eigenvalue weighted by atomic mass is 16.5. The standard InChI is InChI=1S/C27H33N5O2/c1-20-6-10-22(11-7-20)26-29-25(34-30-26)19-31-14-4-5-23(18-31)27(33)28-17-21-8-12-24(13-9-21)32-15-2-3-16-32/h6-13,23H,2-5,14-19H2,1H3,(H,28,33). The van der Waals surface area contributed by atoms with E-state index in [1.165, 1.54) is 24.1 Å². The number of likely N-dealkylation sites (tertiary alicyclic amines) is 1. The Morgan fingerprint density at radius 3 is 2.56 bits per heavy atom. The predicted molar refractivity (Wildman–Crippen MR) is 132 cm³/mol. The van der Waals surface area contributed by atoms with Crippen LogP contribution in [-0.4, -0.2) is 47.1 Å². The van der Waals surface area contributed by atoms with Crippen LogP contribution in [0.15, 0.2) is 53.1 Å². The van der Waals surface area contributed by atoms with Crippen LogP contribution in [0.25, 0.3) is 11.4 Å². The minimum Gasteiger partial charge on any atom is -0.372 e. The first kappa shape index (κ1) is 22.6. The van der Waals surface area contributed by atoms with E-state index >= 15 is 0 Å². The molecule has 2 aliphatic heterocycles. The zero-order chi connectivity index (χ0) is 23.3. The Kier molecular flexibility index (Phi) is 6.90. The van der Waals surface area contributed by atoms with E-state index in [0.717, 1.165) is 43.6 Å². The lowest BCUT2D eigenvalue weighted by molar-refractivity contribution is -0.127. The summed E-state index contributed by atoms with van der Waals surface area (Å²) < 4.78 is 5.49. The summed E-state index contributed by atoms with van der Waals surface area (Å²) in [6, 6.07) is 16.7. The van der Waals surface area contributed by atoms with Crippen LogP contribution in [0.3, 0.4) is 0 Å². The molecule has 0 bridgehead atoms. The van der Waals surface area contributed by atoms with Crippen molar-refractivity contribution in [2.75, 3.05) is 31.1 Å². The maximum absolute atomic E-state index is 12.9. The van der Waals surface area contributed by atoms with E-state index in [-0.39, 0.29) is 11.8 Å². The third-order valence-electron chi connectivity index (χ3n) is 6.89. The molecule has 0 aliphatic carbocycles. The highest BCUT2D eigenvalue weighted by Gasteiger charge is 2.27. The molecule has 7 nitrogen and oxygen atoms in total. The van der Waals surface area contributed by atoms with Crippen molar-refractivity contribution >= 4 is 11.6 Å². The van der Waals surface area contributed by atoms with Gasteiger partial charge < -0.3 is 14.7 Å². The Morgan fingerprint density at radius 1 is 1.03 bits per heavy atom. The largest absolute Gasteiger partial charge is 0.372 e. The number of rotatable bonds is 7. The highest BCUT2D eigenvalue weighted by Crippen LogP contribution is 2.22. The van der Waals surface area contributed by atoms with Crippen molar-refractivity contribution < 1.29 is 9.32 Å². The zero-order valence-corrected chi connectivity index (χ0v) is 19.9. The lowest BCUT2D eigenvalue weighted by atomic mass is 9.97. The maximum Gasteiger partial charge on any atom is 0.241 e. The molecule has 2 fully saturated rings. The van der Waals surface area contributed by atoms with E-state index in [2.05, 4.69) is 56.4 Å². The smallest absolute Gasteiger partial charge is 0.241 e. The number of nitrogens with one attached hydrogen (secondary N) is 1. The lowest BCUT2D eigenvalue weighted by Crippen LogP contribution is -2.42. The number of carbonyl (C=O) groups excluding carboxylic acids is 1. The SMILES string of the molecule is Cc1ccc(-c2noc(CN3CCCC(C(=O)NCc4ccc(N5CCCC5)cc4)C3)n2)cc1. The second kappa shape index (κ2) is 10.4. The van der Waals surface area contributed by atoms with Gasteiger partial charge in [0.1, 0.15) is 0 Å². The van der Waals surface area contributed by atoms with E-state index in [1.54, 1.807) is 0 Å². The molecule has 178 valence electrons. The Morgan fingerprint density at radius 2 is 1.79 bits per heavy atom. The Balaban J connectivity index is 1.11. The van der Waals surface area contributed by atoms with Crippen molar-refractivity contribution in [1.82, 2.24) is 20.4 Å². The van der Waals surface area contributed by atoms with Crippen LogP contribution >= 0.6 is 0 Å². The molecule has 0 spiro atoms. The number of nitrogens with zero attached hydrogens (tertiary/aromatic N) is 4. The molecule has 2 aromatic carbocycles. The Labute approximate surface area is 201 Å². The molecule has 1 N–H and O–H groups in total. The molecule has 7 heteroatoms. The summed E-state index contributed by atoms with van der Waals surface area (Å²) >= 11 is 0. The summed E-state index contributed by atoms with van der Waals surface area (Å²) in [5.41, 5.74) is 4.56. The van der Waals surface area contributed by atoms with E-state index in [0.29, 0.717) is 31.3 Å². The van der Waals surface area contributed by atoms with Crippen molar-refractivity contribution in [2.24, 2.45) is 5.92 Å². The third kappa shape index (κ3) is 5.47. The van der Waals surface area contributed by atoms with Gasteiger partial charge in [0.2, 0.25) is 17.6 Å². The van der Waals surface area contributed by atoms with Crippen molar-refractivity contribution in [1.29, 1.82) is 0 Å². The highest BCUT2D eigenvalue weighted by molar-refractivity contribution is 5.79. The predicted octanol–water partition coefficient (Wildman–Crippen LogP) is 4.17. The number of hydrogen-bond acceptors (Lipinski definition) is 6. The topological polar surface area (TPSA) is 74.5 Å². The van der Waals surface area contributed by atoms with E-state index in [4.69, 9.17) is 4.52 Å². The third-order valence-corrected chi connectivity index (χ3v) is 6.89. The van der Waals surface area contributed by atoms with Crippen molar-refractivity contribution in [3.05, 3.63) is 65.5 Å². The monoisotopic (exact) mass is 459 g/mol. The molecule has 2 aliphatic rings. The van der Waals surface area contributed by atoms with Crippen LogP contribution in [0.4, 0.5) is 5.69 Å². The number of aryl methyl sites for hydroxylation is 1. The van der Waals surface area contributed by atoms with Crippen LogP contribution < -0.4 is 10.2 Å². The van der Waals surface area contributed by atoms with Gasteiger partial charge in [-0.3, -0.25) is 9.69 Å². The first-order valence-electron chi connectivity index (χ1n) is 12.4. The van der Waals surface area contributed by atoms with Gasteiger partial charge in [0, 0.05) is 37.4 Å². The summed E-state index contributed by atoms with van der Waals surface area (Å²) in [5.74, 6) is 1.31. The van der Waals surface area contributed by atoms with E-state index in [1.807, 2.05) is 24.3 Å². The van der Waals surface area contributed by atoms with Gasteiger partial charge in [-0.1, -0.05) is 47.1 Å². The molecule has 1 unspecified atom stereocenters. The van der Waals surface area contributed by atoms with Crippen LogP contribution in [0.1, 0.15) is 42.7 Å². The Hall–Kier alpha value is -3.19. The number of carbonyl (C=O) groups is 1. The zero-order valence-electron chi connectivity index (χ0n) is 19.9. The number of piperidine rings is 1. The van der Waals surface area contributed by atoms with E-state index in [9.17, 15) is 4.79 Å². The van der Waals surface area contributed by atoms with Gasteiger partial charge >= 0.3 is 0 Å². The number of benzene rings is 2. The molecule has 1 aromatic heterocycles. The molecule has 1 atom stereocenters. The van der Waals surface area contributed by atoms with E-state index < -0.39 is 0 Å². The second-order valence-electron chi connectivity index (χ2n) is 9.53. The minimum absolute atomic E-state index is 0.0166. The van der Waals surface area contributed by atoms with Crippen LogP contribution in [-0.2, 0) is 17.9 Å². The first-order chi connectivity index (χ1) is 16.6. The molecule has 0 radical (unpaired) electrons. The summed E-state index contributed by atoms with van der Waals surface area (Å²) in [6.45, 7) is 7.13. The number of anilines is 1. The fraction of sp³-hybridized carbons (Fsp3) is 0.444.